The predicted octanol–water partition coefficient (Wildman–Crippen LogP) is 2.93. The van der Waals surface area contributed by atoms with E-state index in [0.717, 1.165) is 41.6 Å². The largest absolute Gasteiger partial charge is 0.376 e. The van der Waals surface area contributed by atoms with Crippen LogP contribution >= 0.6 is 11.8 Å². The molecule has 1 N–H and O–H groups in total. The SMILES string of the molecule is O=C(CSc1nnc(-c2ccncc2)n1C[C@@H]1CCCO1)NCc1ccccc1. The summed E-state index contributed by atoms with van der Waals surface area (Å²) >= 11 is 1.40. The highest BCUT2D eigenvalue weighted by atomic mass is 32.2. The van der Waals surface area contributed by atoms with E-state index in [4.69, 9.17) is 4.74 Å². The van der Waals surface area contributed by atoms with Crippen LogP contribution in [0.3, 0.4) is 0 Å². The average molecular weight is 410 g/mol. The maximum absolute atomic E-state index is 12.3. The normalized spacial score (nSPS) is 16.1. The van der Waals surface area contributed by atoms with Crippen molar-refractivity contribution in [1.29, 1.82) is 0 Å². The van der Waals surface area contributed by atoms with Gasteiger partial charge in [-0.05, 0) is 30.5 Å². The van der Waals surface area contributed by atoms with Crippen molar-refractivity contribution in [3.8, 4) is 11.4 Å². The molecule has 3 heterocycles. The van der Waals surface area contributed by atoms with Crippen LogP contribution in [0.5, 0.6) is 0 Å². The first-order chi connectivity index (χ1) is 14.3. The summed E-state index contributed by atoms with van der Waals surface area (Å²) in [5, 5.41) is 12.4. The van der Waals surface area contributed by atoms with Gasteiger partial charge in [0.25, 0.3) is 0 Å². The molecule has 150 valence electrons. The van der Waals surface area contributed by atoms with Crippen molar-refractivity contribution in [2.45, 2.75) is 37.2 Å². The lowest BCUT2D eigenvalue weighted by atomic mass is 10.2. The van der Waals surface area contributed by atoms with E-state index < -0.39 is 0 Å². The lowest BCUT2D eigenvalue weighted by molar-refractivity contribution is -0.118. The topological polar surface area (TPSA) is 81.9 Å². The van der Waals surface area contributed by atoms with Gasteiger partial charge in [-0.1, -0.05) is 42.1 Å². The van der Waals surface area contributed by atoms with Crippen molar-refractivity contribution in [3.05, 3.63) is 60.4 Å². The molecule has 1 aromatic carbocycles. The molecule has 7 nitrogen and oxygen atoms in total. The van der Waals surface area contributed by atoms with E-state index in [2.05, 4.69) is 25.1 Å². The summed E-state index contributed by atoms with van der Waals surface area (Å²) in [5.41, 5.74) is 2.03. The van der Waals surface area contributed by atoms with Crippen molar-refractivity contribution in [2.24, 2.45) is 0 Å². The third kappa shape index (κ3) is 5.21. The molecular formula is C21H23N5O2S. The van der Waals surface area contributed by atoms with E-state index in [0.29, 0.717) is 13.1 Å². The number of nitrogens with one attached hydrogen (secondary N) is 1. The standard InChI is InChI=1S/C21H23N5O2S/c27-19(23-13-16-5-2-1-3-6-16)15-29-21-25-24-20(17-8-10-22-11-9-17)26(21)14-18-7-4-12-28-18/h1-3,5-6,8-11,18H,4,7,12-15H2,(H,23,27)/t18-/m0/s1. The first-order valence-corrected chi connectivity index (χ1v) is 10.7. The Morgan fingerprint density at radius 1 is 1.17 bits per heavy atom. The van der Waals surface area contributed by atoms with Gasteiger partial charge >= 0.3 is 0 Å². The molecule has 1 aliphatic rings. The Hall–Kier alpha value is -2.71. The Bertz CT molecular complexity index is 927. The Morgan fingerprint density at radius 3 is 2.76 bits per heavy atom. The van der Waals surface area contributed by atoms with Crippen molar-refractivity contribution in [3.63, 3.8) is 0 Å². The van der Waals surface area contributed by atoms with E-state index in [1.807, 2.05) is 42.5 Å². The first-order valence-electron chi connectivity index (χ1n) is 9.68. The third-order valence-electron chi connectivity index (χ3n) is 4.73. The lowest BCUT2D eigenvalue weighted by Gasteiger charge is -2.14. The van der Waals surface area contributed by atoms with E-state index in [-0.39, 0.29) is 17.8 Å². The second kappa shape index (κ2) is 9.67. The molecular weight excluding hydrogens is 386 g/mol. The summed E-state index contributed by atoms with van der Waals surface area (Å²) in [6.45, 7) is 1.99. The molecule has 1 amide bonds. The fraction of sp³-hybridized carbons (Fsp3) is 0.333. The molecule has 0 aliphatic carbocycles. The number of amides is 1. The van der Waals surface area contributed by atoms with E-state index in [9.17, 15) is 4.79 Å². The van der Waals surface area contributed by atoms with Crippen LogP contribution in [-0.2, 0) is 22.6 Å². The number of carbonyl (C=O) groups excluding carboxylic acids is 1. The quantitative estimate of drug-likeness (QED) is 0.576. The number of pyridine rings is 1. The van der Waals surface area contributed by atoms with Gasteiger partial charge in [0.15, 0.2) is 11.0 Å². The minimum atomic E-state index is -0.0315. The molecule has 0 saturated carbocycles. The molecule has 1 aliphatic heterocycles. The predicted molar refractivity (Wildman–Crippen MR) is 111 cm³/mol. The zero-order chi connectivity index (χ0) is 19.9. The van der Waals surface area contributed by atoms with Gasteiger partial charge < -0.3 is 10.1 Å². The zero-order valence-corrected chi connectivity index (χ0v) is 16.8. The summed E-state index contributed by atoms with van der Waals surface area (Å²) in [7, 11) is 0. The highest BCUT2D eigenvalue weighted by Crippen LogP contribution is 2.26. The van der Waals surface area contributed by atoms with Gasteiger partial charge in [-0.25, -0.2) is 0 Å². The smallest absolute Gasteiger partial charge is 0.230 e. The monoisotopic (exact) mass is 409 g/mol. The number of rotatable bonds is 8. The van der Waals surface area contributed by atoms with Crippen molar-refractivity contribution in [2.75, 3.05) is 12.4 Å². The van der Waals surface area contributed by atoms with E-state index >= 15 is 0 Å². The Morgan fingerprint density at radius 2 is 2.00 bits per heavy atom. The van der Waals surface area contributed by atoms with Crippen LogP contribution in [0.1, 0.15) is 18.4 Å². The highest BCUT2D eigenvalue weighted by Gasteiger charge is 2.22. The zero-order valence-electron chi connectivity index (χ0n) is 16.0. The van der Waals surface area contributed by atoms with Gasteiger partial charge in [-0.15, -0.1) is 10.2 Å². The molecule has 4 rings (SSSR count). The van der Waals surface area contributed by atoms with Crippen molar-refractivity contribution < 1.29 is 9.53 Å². The Kier molecular flexibility index (Phi) is 6.53. The van der Waals surface area contributed by atoms with Crippen LogP contribution in [0.15, 0.2) is 60.0 Å². The maximum Gasteiger partial charge on any atom is 0.230 e. The number of hydrogen-bond donors (Lipinski definition) is 1. The first kappa shape index (κ1) is 19.6. The molecule has 8 heteroatoms. The summed E-state index contributed by atoms with van der Waals surface area (Å²) in [6.07, 6.45) is 5.73. The molecule has 0 bridgehead atoms. The number of ether oxygens (including phenoxy) is 1. The number of aromatic nitrogens is 4. The molecule has 1 atom stereocenters. The Balaban J connectivity index is 1.43. The minimum absolute atomic E-state index is 0.0315. The fourth-order valence-corrected chi connectivity index (χ4v) is 4.02. The number of nitrogens with zero attached hydrogens (tertiary/aromatic N) is 4. The third-order valence-corrected chi connectivity index (χ3v) is 5.70. The van der Waals surface area contributed by atoms with Gasteiger partial charge in [0.1, 0.15) is 0 Å². The number of benzene rings is 1. The van der Waals surface area contributed by atoms with Crippen LogP contribution in [0, 0.1) is 0 Å². The van der Waals surface area contributed by atoms with Gasteiger partial charge in [-0.3, -0.25) is 14.3 Å². The van der Waals surface area contributed by atoms with Crippen LogP contribution in [-0.4, -0.2) is 44.1 Å². The molecule has 0 radical (unpaired) electrons. The van der Waals surface area contributed by atoms with Gasteiger partial charge in [0.05, 0.1) is 18.4 Å². The minimum Gasteiger partial charge on any atom is -0.376 e. The van der Waals surface area contributed by atoms with Gasteiger partial charge in [0, 0.05) is 31.1 Å². The lowest BCUT2D eigenvalue weighted by Crippen LogP contribution is -2.25. The molecule has 0 spiro atoms. The number of carbonyl (C=O) groups is 1. The number of hydrogen-bond acceptors (Lipinski definition) is 6. The maximum atomic E-state index is 12.3. The molecule has 0 unspecified atom stereocenters. The van der Waals surface area contributed by atoms with Crippen LogP contribution < -0.4 is 5.32 Å². The summed E-state index contributed by atoms with van der Waals surface area (Å²) < 4.78 is 7.86. The second-order valence-corrected chi connectivity index (χ2v) is 7.78. The van der Waals surface area contributed by atoms with Crippen molar-refractivity contribution >= 4 is 17.7 Å². The van der Waals surface area contributed by atoms with Crippen molar-refractivity contribution in [1.82, 2.24) is 25.1 Å². The fourth-order valence-electron chi connectivity index (χ4n) is 3.24. The summed E-state index contributed by atoms with van der Waals surface area (Å²) in [4.78, 5) is 16.4. The van der Waals surface area contributed by atoms with Gasteiger partial charge in [0.2, 0.25) is 5.91 Å². The molecule has 1 saturated heterocycles. The summed E-state index contributed by atoms with van der Waals surface area (Å²) in [6, 6.07) is 13.7. The second-order valence-electron chi connectivity index (χ2n) is 6.84. The Labute approximate surface area is 173 Å². The van der Waals surface area contributed by atoms with Gasteiger partial charge in [-0.2, -0.15) is 0 Å². The van der Waals surface area contributed by atoms with E-state index in [1.54, 1.807) is 12.4 Å². The van der Waals surface area contributed by atoms with Crippen LogP contribution in [0.25, 0.3) is 11.4 Å². The summed E-state index contributed by atoms with van der Waals surface area (Å²) in [5.74, 6) is 1.03. The molecule has 3 aromatic rings. The molecule has 2 aromatic heterocycles. The average Bonchev–Trinajstić information content (AvgIpc) is 3.42. The highest BCUT2D eigenvalue weighted by molar-refractivity contribution is 7.99. The molecule has 1 fully saturated rings. The number of thioether (sulfide) groups is 1. The molecule has 29 heavy (non-hydrogen) atoms. The van der Waals surface area contributed by atoms with E-state index in [1.165, 1.54) is 11.8 Å². The van der Waals surface area contributed by atoms with Crippen LogP contribution in [0.4, 0.5) is 0 Å². The van der Waals surface area contributed by atoms with Crippen LogP contribution in [0.2, 0.25) is 0 Å².